The number of fused-ring (bicyclic) bond motifs is 1. The Morgan fingerprint density at radius 3 is 2.75 bits per heavy atom. The Labute approximate surface area is 166 Å². The Kier molecular flexibility index (Phi) is 5.45. The highest BCUT2D eigenvalue weighted by molar-refractivity contribution is 5.73. The number of nitrogens with zero attached hydrogens (tertiary/aromatic N) is 4. The smallest absolute Gasteiger partial charge is 0.152 e. The van der Waals surface area contributed by atoms with Crippen LogP contribution in [-0.4, -0.2) is 48.4 Å². The number of hydrogen-bond acceptors (Lipinski definition) is 6. The fourth-order valence-corrected chi connectivity index (χ4v) is 4.42. The average Bonchev–Trinajstić information content (AvgIpc) is 2.74. The number of piperidine rings is 1. The molecule has 0 unspecified atom stereocenters. The molecule has 1 aromatic carbocycles. The maximum Gasteiger partial charge on any atom is 0.152 e. The summed E-state index contributed by atoms with van der Waals surface area (Å²) >= 11 is 0. The van der Waals surface area contributed by atoms with E-state index in [-0.39, 0.29) is 0 Å². The lowest BCUT2D eigenvalue weighted by Crippen LogP contribution is -2.40. The van der Waals surface area contributed by atoms with Crippen LogP contribution in [0.25, 0.3) is 11.3 Å². The first-order valence-corrected chi connectivity index (χ1v) is 10.1. The van der Waals surface area contributed by atoms with Crippen molar-refractivity contribution in [2.45, 2.75) is 44.6 Å². The van der Waals surface area contributed by atoms with Crippen molar-refractivity contribution in [3.8, 4) is 23.1 Å². The molecule has 4 rings (SSSR count). The predicted octanol–water partition coefficient (Wildman–Crippen LogP) is 3.41. The molecule has 1 aromatic heterocycles. The molecule has 1 saturated heterocycles. The third kappa shape index (κ3) is 3.67. The molecule has 2 aromatic rings. The summed E-state index contributed by atoms with van der Waals surface area (Å²) < 4.78 is 5.56. The van der Waals surface area contributed by atoms with E-state index in [2.05, 4.69) is 33.5 Å². The molecule has 0 spiro atoms. The van der Waals surface area contributed by atoms with Gasteiger partial charge in [0.25, 0.3) is 0 Å². The van der Waals surface area contributed by atoms with E-state index in [1.54, 1.807) is 13.2 Å². The lowest BCUT2D eigenvalue weighted by Gasteiger charge is -2.31. The minimum atomic E-state index is 0.425. The van der Waals surface area contributed by atoms with Crippen molar-refractivity contribution in [2.75, 3.05) is 32.6 Å². The van der Waals surface area contributed by atoms with Gasteiger partial charge in [0.1, 0.15) is 11.4 Å². The summed E-state index contributed by atoms with van der Waals surface area (Å²) in [5.41, 5.74) is 4.97. The van der Waals surface area contributed by atoms with Crippen LogP contribution in [-0.2, 0) is 12.8 Å². The van der Waals surface area contributed by atoms with Gasteiger partial charge in [-0.1, -0.05) is 0 Å². The van der Waals surface area contributed by atoms with Crippen LogP contribution in [0.4, 0.5) is 5.82 Å². The zero-order valence-electron chi connectivity index (χ0n) is 16.7. The van der Waals surface area contributed by atoms with Crippen LogP contribution >= 0.6 is 0 Å². The second-order valence-electron chi connectivity index (χ2n) is 7.83. The molecule has 6 nitrogen and oxygen atoms in total. The summed E-state index contributed by atoms with van der Waals surface area (Å²) in [4.78, 5) is 2.37. The van der Waals surface area contributed by atoms with Crippen molar-refractivity contribution in [1.82, 2.24) is 15.1 Å². The van der Waals surface area contributed by atoms with Crippen molar-refractivity contribution >= 4 is 5.82 Å². The summed E-state index contributed by atoms with van der Waals surface area (Å²) in [6, 6.07) is 8.12. The topological polar surface area (TPSA) is 74.1 Å². The van der Waals surface area contributed by atoms with Gasteiger partial charge in [0.15, 0.2) is 5.82 Å². The van der Waals surface area contributed by atoms with E-state index in [9.17, 15) is 5.26 Å². The molecule has 1 atom stereocenters. The Morgan fingerprint density at radius 1 is 1.18 bits per heavy atom. The molecule has 0 amide bonds. The number of anilines is 1. The monoisotopic (exact) mass is 377 g/mol. The van der Waals surface area contributed by atoms with E-state index < -0.39 is 0 Å². The minimum Gasteiger partial charge on any atom is -0.496 e. The first-order valence-electron chi connectivity index (χ1n) is 10.1. The molecule has 1 aliphatic heterocycles. The van der Waals surface area contributed by atoms with Crippen molar-refractivity contribution < 1.29 is 4.74 Å². The van der Waals surface area contributed by atoms with E-state index in [1.165, 1.54) is 36.9 Å². The molecule has 0 radical (unpaired) electrons. The second-order valence-corrected chi connectivity index (χ2v) is 7.83. The first kappa shape index (κ1) is 18.7. The summed E-state index contributed by atoms with van der Waals surface area (Å²) in [6.07, 6.45) is 6.76. The van der Waals surface area contributed by atoms with Gasteiger partial charge >= 0.3 is 0 Å². The molecule has 2 heterocycles. The lowest BCUT2D eigenvalue weighted by atomic mass is 9.88. The van der Waals surface area contributed by atoms with Gasteiger partial charge in [0.05, 0.1) is 18.7 Å². The quantitative estimate of drug-likeness (QED) is 0.880. The number of likely N-dealkylation sites (tertiary alicyclic amines) is 1. The third-order valence-corrected chi connectivity index (χ3v) is 5.84. The Morgan fingerprint density at radius 2 is 2.00 bits per heavy atom. The van der Waals surface area contributed by atoms with Crippen LogP contribution in [0, 0.1) is 11.3 Å². The summed E-state index contributed by atoms with van der Waals surface area (Å²) in [7, 11) is 3.81. The number of likely N-dealkylation sites (N-methyl/N-ethyl adjacent to an activating group) is 1. The van der Waals surface area contributed by atoms with Crippen molar-refractivity contribution in [3.05, 3.63) is 34.9 Å². The number of rotatable bonds is 4. The Bertz CT molecular complexity index is 905. The summed E-state index contributed by atoms with van der Waals surface area (Å²) in [6.45, 7) is 2.21. The zero-order valence-corrected chi connectivity index (χ0v) is 16.7. The molecule has 0 bridgehead atoms. The van der Waals surface area contributed by atoms with Crippen LogP contribution in [0.2, 0.25) is 0 Å². The van der Waals surface area contributed by atoms with Crippen LogP contribution < -0.4 is 10.1 Å². The highest BCUT2D eigenvalue weighted by atomic mass is 16.5. The fourth-order valence-electron chi connectivity index (χ4n) is 4.42. The zero-order chi connectivity index (χ0) is 19.5. The summed E-state index contributed by atoms with van der Waals surface area (Å²) in [5, 5.41) is 22.1. The van der Waals surface area contributed by atoms with E-state index in [0.717, 1.165) is 42.9 Å². The average molecular weight is 377 g/mol. The maximum atomic E-state index is 9.18. The van der Waals surface area contributed by atoms with E-state index in [1.807, 2.05) is 12.1 Å². The van der Waals surface area contributed by atoms with Gasteiger partial charge in [-0.3, -0.25) is 0 Å². The number of hydrogen-bond donors (Lipinski definition) is 1. The van der Waals surface area contributed by atoms with E-state index in [4.69, 9.17) is 4.74 Å². The van der Waals surface area contributed by atoms with Crippen LogP contribution in [0.15, 0.2) is 18.2 Å². The minimum absolute atomic E-state index is 0.425. The van der Waals surface area contributed by atoms with Crippen molar-refractivity contribution in [1.29, 1.82) is 5.26 Å². The van der Waals surface area contributed by atoms with E-state index >= 15 is 0 Å². The Hall–Kier alpha value is -2.65. The van der Waals surface area contributed by atoms with Crippen molar-refractivity contribution in [3.63, 3.8) is 0 Å². The number of benzene rings is 1. The molecule has 146 valence electrons. The summed E-state index contributed by atoms with van der Waals surface area (Å²) in [5.74, 6) is 1.63. The van der Waals surface area contributed by atoms with Gasteiger partial charge < -0.3 is 15.0 Å². The molecule has 1 fully saturated rings. The van der Waals surface area contributed by atoms with Gasteiger partial charge in [0, 0.05) is 23.7 Å². The molecule has 0 saturated carbocycles. The number of aromatic nitrogens is 2. The standard InChI is InChI=1S/C22H27N5O/c1-27-11-5-6-16(14-27)24-22-18-8-4-3-7-17(18)21(25-26-22)19-10-9-15(13-23)12-20(19)28-2/h9-10,12,16H,3-8,11,14H2,1-2H3,(H,24,26)/t16-/m1/s1. The second kappa shape index (κ2) is 8.15. The third-order valence-electron chi connectivity index (χ3n) is 5.84. The van der Waals surface area contributed by atoms with Gasteiger partial charge in [0.2, 0.25) is 0 Å². The van der Waals surface area contributed by atoms with Gasteiger partial charge in [-0.15, -0.1) is 10.2 Å². The largest absolute Gasteiger partial charge is 0.496 e. The molecule has 1 aliphatic carbocycles. The first-order chi connectivity index (χ1) is 13.7. The number of ether oxygens (including phenoxy) is 1. The fraction of sp³-hybridized carbons (Fsp3) is 0.500. The lowest BCUT2D eigenvalue weighted by molar-refractivity contribution is 0.260. The van der Waals surface area contributed by atoms with Gasteiger partial charge in [-0.25, -0.2) is 0 Å². The Balaban J connectivity index is 1.72. The molecule has 28 heavy (non-hydrogen) atoms. The SMILES string of the molecule is COc1cc(C#N)ccc1-c1nnc(N[C@@H]2CCCN(C)C2)c2c1CCCC2. The van der Waals surface area contributed by atoms with E-state index in [0.29, 0.717) is 17.4 Å². The highest BCUT2D eigenvalue weighted by Crippen LogP contribution is 2.37. The van der Waals surface area contributed by atoms with Crippen LogP contribution in [0.1, 0.15) is 42.4 Å². The van der Waals surface area contributed by atoms with Crippen LogP contribution in [0.3, 0.4) is 0 Å². The van der Waals surface area contributed by atoms with Gasteiger partial charge in [-0.05, 0) is 75.9 Å². The molecule has 2 aliphatic rings. The molecule has 6 heteroatoms. The highest BCUT2D eigenvalue weighted by Gasteiger charge is 2.25. The number of nitrogens with one attached hydrogen (secondary N) is 1. The number of nitriles is 1. The predicted molar refractivity (Wildman–Crippen MR) is 110 cm³/mol. The van der Waals surface area contributed by atoms with Crippen LogP contribution in [0.5, 0.6) is 5.75 Å². The van der Waals surface area contributed by atoms with Crippen molar-refractivity contribution in [2.24, 2.45) is 0 Å². The number of methoxy groups -OCH3 is 1. The normalized spacial score (nSPS) is 19.5. The molecular weight excluding hydrogens is 350 g/mol. The molecule has 1 N–H and O–H groups in total. The van der Waals surface area contributed by atoms with Gasteiger partial charge in [-0.2, -0.15) is 5.26 Å². The molecular formula is C22H27N5O. The maximum absolute atomic E-state index is 9.18.